The third kappa shape index (κ3) is 8.31. The van der Waals surface area contributed by atoms with Gasteiger partial charge in [0.2, 0.25) is 0 Å². The van der Waals surface area contributed by atoms with E-state index in [4.69, 9.17) is 9.47 Å². The second-order valence-electron chi connectivity index (χ2n) is 12.8. The Balaban J connectivity index is 1.24. The summed E-state index contributed by atoms with van der Waals surface area (Å²) in [6.45, 7) is 10.1. The van der Waals surface area contributed by atoms with Gasteiger partial charge < -0.3 is 34.5 Å². The lowest BCUT2D eigenvalue weighted by molar-refractivity contribution is 0.0987. The number of carbonyl (C=O) groups is 2. The highest BCUT2D eigenvalue weighted by atomic mass is 16.5. The number of rotatable bonds is 13. The first-order valence-corrected chi connectivity index (χ1v) is 16.8. The number of nitrogens with zero attached hydrogens (tertiary/aromatic N) is 4. The van der Waals surface area contributed by atoms with Crippen molar-refractivity contribution < 1.29 is 23.9 Å². The molecule has 2 N–H and O–H groups in total. The number of fused-ring (bicyclic) bond motifs is 1. The number of benzene rings is 3. The number of aryl methyl sites for hydroxylation is 1. The molecule has 0 spiro atoms. The van der Waals surface area contributed by atoms with Crippen LogP contribution in [0.3, 0.4) is 0 Å². The number of likely N-dealkylation sites (N-methyl/N-ethyl adjacent to an activating group) is 1. The number of aromatic nitrogens is 2. The fraction of sp³-hybridized carbons (Fsp3) is 0.395. The van der Waals surface area contributed by atoms with Crippen LogP contribution in [0.2, 0.25) is 0 Å². The van der Waals surface area contributed by atoms with Crippen LogP contribution in [0.25, 0.3) is 11.0 Å². The maximum atomic E-state index is 13.7. The highest BCUT2D eigenvalue weighted by Crippen LogP contribution is 2.32. The number of nitrogens with one attached hydrogen (secondary N) is 2. The minimum Gasteiger partial charge on any atom is -0.496 e. The number of para-hydroxylation sites is 1. The van der Waals surface area contributed by atoms with Crippen LogP contribution in [0, 0.1) is 6.92 Å². The highest BCUT2D eigenvalue weighted by Gasteiger charge is 2.22. The lowest BCUT2D eigenvalue weighted by atomic mass is 10.1. The van der Waals surface area contributed by atoms with Crippen LogP contribution < -0.4 is 19.7 Å². The molecule has 1 aliphatic rings. The minimum absolute atomic E-state index is 0.208. The summed E-state index contributed by atoms with van der Waals surface area (Å²) in [5.74, 6) is 3.40. The molecule has 0 unspecified atom stereocenters. The quantitative estimate of drug-likeness (QED) is 0.131. The van der Waals surface area contributed by atoms with Gasteiger partial charge >= 0.3 is 0 Å². The van der Waals surface area contributed by atoms with Gasteiger partial charge in [0, 0.05) is 44.7 Å². The summed E-state index contributed by atoms with van der Waals surface area (Å²) in [4.78, 5) is 52.7. The average Bonchev–Trinajstić information content (AvgIpc) is 3.56. The molecule has 258 valence electrons. The van der Waals surface area contributed by atoms with Crippen molar-refractivity contribution >= 4 is 40.2 Å². The summed E-state index contributed by atoms with van der Waals surface area (Å²) in [7, 11) is 5.25. The third-order valence-electron chi connectivity index (χ3n) is 8.87. The zero-order valence-electron chi connectivity index (χ0n) is 29.3. The van der Waals surface area contributed by atoms with E-state index in [1.165, 1.54) is 12.0 Å². The second kappa shape index (κ2) is 15.9. The van der Waals surface area contributed by atoms with E-state index in [2.05, 4.69) is 51.9 Å². The number of carbonyl (C=O) groups excluding carboxylic acids is 3. The number of methoxy groups -OCH3 is 1. The molecule has 1 saturated heterocycles. The molecule has 1 fully saturated rings. The van der Waals surface area contributed by atoms with E-state index in [9.17, 15) is 14.4 Å². The van der Waals surface area contributed by atoms with E-state index < -0.39 is 0 Å². The predicted molar refractivity (Wildman–Crippen MR) is 193 cm³/mol. The van der Waals surface area contributed by atoms with Gasteiger partial charge in [-0.05, 0) is 81.3 Å². The van der Waals surface area contributed by atoms with Crippen molar-refractivity contribution in [3.8, 4) is 11.5 Å². The SMILES string of the molecule is COc1cc(C(=O)N(C)c2ccc(C)cc2OCCCCC(=C=O)N2CCN(C)CC2)ccc1C(=O)Nc1cccc2[nH]c(C(C)C)nc12. The fourth-order valence-corrected chi connectivity index (χ4v) is 5.87. The molecule has 3 aromatic carbocycles. The molecule has 2 heterocycles. The smallest absolute Gasteiger partial charge is 0.259 e. The maximum Gasteiger partial charge on any atom is 0.259 e. The van der Waals surface area contributed by atoms with Crippen molar-refractivity contribution in [1.29, 1.82) is 0 Å². The Bertz CT molecular complexity index is 1850. The van der Waals surface area contributed by atoms with Crippen LogP contribution >= 0.6 is 0 Å². The molecule has 49 heavy (non-hydrogen) atoms. The van der Waals surface area contributed by atoms with Crippen LogP contribution in [0.1, 0.15) is 71.1 Å². The van der Waals surface area contributed by atoms with Gasteiger partial charge in [0.1, 0.15) is 28.8 Å². The number of imidazole rings is 1. The number of aromatic amines is 1. The van der Waals surface area contributed by atoms with Gasteiger partial charge in [-0.2, -0.15) is 0 Å². The van der Waals surface area contributed by atoms with Crippen LogP contribution in [0.15, 0.2) is 60.3 Å². The lowest BCUT2D eigenvalue weighted by Crippen LogP contribution is -2.44. The molecule has 2 amide bonds. The maximum absolute atomic E-state index is 13.7. The molecular weight excluding hydrogens is 620 g/mol. The third-order valence-corrected chi connectivity index (χ3v) is 8.87. The van der Waals surface area contributed by atoms with Gasteiger partial charge in [0.15, 0.2) is 0 Å². The largest absolute Gasteiger partial charge is 0.496 e. The number of allylic oxidation sites excluding steroid dienone is 1. The molecule has 0 atom stereocenters. The van der Waals surface area contributed by atoms with Gasteiger partial charge in [0.25, 0.3) is 11.8 Å². The molecule has 11 heteroatoms. The number of ether oxygens (including phenoxy) is 2. The Hall–Kier alpha value is -5.12. The van der Waals surface area contributed by atoms with Crippen LogP contribution in [-0.2, 0) is 4.79 Å². The first-order chi connectivity index (χ1) is 23.6. The molecule has 0 radical (unpaired) electrons. The summed E-state index contributed by atoms with van der Waals surface area (Å²) < 4.78 is 11.8. The Morgan fingerprint density at radius 3 is 2.53 bits per heavy atom. The molecule has 11 nitrogen and oxygen atoms in total. The summed E-state index contributed by atoms with van der Waals surface area (Å²) in [5, 5.41) is 2.96. The average molecular weight is 667 g/mol. The number of hydrogen-bond donors (Lipinski definition) is 2. The van der Waals surface area contributed by atoms with E-state index in [0.717, 1.165) is 61.6 Å². The fourth-order valence-electron chi connectivity index (χ4n) is 5.87. The molecule has 1 aromatic heterocycles. The monoisotopic (exact) mass is 666 g/mol. The first kappa shape index (κ1) is 35.2. The van der Waals surface area contributed by atoms with Gasteiger partial charge in [0.05, 0.1) is 41.9 Å². The summed E-state index contributed by atoms with van der Waals surface area (Å²) in [5.41, 5.74) is 5.09. The molecule has 5 rings (SSSR count). The van der Waals surface area contributed by atoms with Crippen molar-refractivity contribution in [2.75, 3.05) is 64.2 Å². The second-order valence-corrected chi connectivity index (χ2v) is 12.8. The predicted octanol–water partition coefficient (Wildman–Crippen LogP) is 6.04. The molecular formula is C38H46N6O5. The molecule has 1 aliphatic heterocycles. The van der Waals surface area contributed by atoms with E-state index in [1.54, 1.807) is 31.3 Å². The van der Waals surface area contributed by atoms with Crippen molar-refractivity contribution in [1.82, 2.24) is 19.8 Å². The first-order valence-electron chi connectivity index (χ1n) is 16.8. The number of piperazine rings is 1. The van der Waals surface area contributed by atoms with Crippen molar-refractivity contribution in [2.45, 2.75) is 46.0 Å². The highest BCUT2D eigenvalue weighted by molar-refractivity contribution is 6.11. The standard InChI is InChI=1S/C38H46N6O5/c1-25(2)36-39-30-11-9-12-31(35(30)41-36)40-37(46)29-15-14-27(23-33(29)48-6)38(47)43(5)32-16-13-26(3)22-34(32)49-21-8-7-10-28(24-45)44-19-17-42(4)18-20-44/h9,11-16,22-23,25H,7-8,10,17-21H2,1-6H3,(H,39,41)(H,40,46). The molecule has 4 aromatic rings. The van der Waals surface area contributed by atoms with Gasteiger partial charge in [-0.15, -0.1) is 0 Å². The molecule has 0 saturated carbocycles. The van der Waals surface area contributed by atoms with Gasteiger partial charge in [-0.1, -0.05) is 26.0 Å². The minimum atomic E-state index is -0.376. The number of unbranched alkanes of at least 4 members (excludes halogenated alkanes) is 1. The number of H-pyrrole nitrogens is 1. The van der Waals surface area contributed by atoms with Crippen molar-refractivity contribution in [3.63, 3.8) is 0 Å². The Morgan fingerprint density at radius 2 is 1.82 bits per heavy atom. The molecule has 0 aliphatic carbocycles. The van der Waals surface area contributed by atoms with Crippen LogP contribution in [0.5, 0.6) is 11.5 Å². The summed E-state index contributed by atoms with van der Waals surface area (Å²) >= 11 is 0. The zero-order valence-corrected chi connectivity index (χ0v) is 29.3. The number of amides is 2. The normalized spacial score (nSPS) is 13.3. The summed E-state index contributed by atoms with van der Waals surface area (Å²) in [6.07, 6.45) is 2.20. The van der Waals surface area contributed by atoms with Gasteiger partial charge in [-0.25, -0.2) is 9.78 Å². The van der Waals surface area contributed by atoms with Crippen LogP contribution in [-0.4, -0.2) is 91.5 Å². The van der Waals surface area contributed by atoms with E-state index in [-0.39, 0.29) is 29.0 Å². The Morgan fingerprint density at radius 1 is 1.04 bits per heavy atom. The number of anilines is 2. The van der Waals surface area contributed by atoms with E-state index in [0.29, 0.717) is 41.2 Å². The topological polar surface area (TPSA) is 120 Å². The van der Waals surface area contributed by atoms with Crippen molar-refractivity contribution in [2.24, 2.45) is 0 Å². The molecule has 0 bridgehead atoms. The zero-order chi connectivity index (χ0) is 35.1. The van der Waals surface area contributed by atoms with Gasteiger partial charge in [-0.3, -0.25) is 9.59 Å². The number of hydrogen-bond acceptors (Lipinski definition) is 8. The van der Waals surface area contributed by atoms with E-state index in [1.807, 2.05) is 37.3 Å². The van der Waals surface area contributed by atoms with Crippen molar-refractivity contribution in [3.05, 3.63) is 82.8 Å². The Labute approximate surface area is 287 Å². The lowest BCUT2D eigenvalue weighted by Gasteiger charge is -2.34. The Kier molecular flexibility index (Phi) is 11.4. The van der Waals surface area contributed by atoms with Crippen LogP contribution in [0.4, 0.5) is 11.4 Å². The summed E-state index contributed by atoms with van der Waals surface area (Å²) in [6, 6.07) is 16.1. The van der Waals surface area contributed by atoms with E-state index >= 15 is 0 Å².